The lowest BCUT2D eigenvalue weighted by atomic mass is 10.1. The molecule has 0 aliphatic carbocycles. The molecule has 1 aromatic carbocycles. The van der Waals surface area contributed by atoms with Crippen molar-refractivity contribution in [2.75, 3.05) is 13.7 Å². The maximum absolute atomic E-state index is 8.76. The first-order chi connectivity index (χ1) is 7.57. The highest BCUT2D eigenvalue weighted by atomic mass is 16.5. The van der Waals surface area contributed by atoms with Gasteiger partial charge in [-0.2, -0.15) is 5.26 Å². The van der Waals surface area contributed by atoms with Crippen molar-refractivity contribution in [2.45, 2.75) is 26.0 Å². The number of rotatable bonds is 5. The molecule has 0 aromatic heterocycles. The van der Waals surface area contributed by atoms with Gasteiger partial charge in [0.15, 0.2) is 0 Å². The van der Waals surface area contributed by atoms with Gasteiger partial charge in [-0.05, 0) is 31.5 Å². The number of hydrogen-bond donors (Lipinski definition) is 1. The quantitative estimate of drug-likeness (QED) is 0.823. The highest BCUT2D eigenvalue weighted by molar-refractivity contribution is 5.32. The summed E-state index contributed by atoms with van der Waals surface area (Å²) in [6.45, 7) is 5.60. The summed E-state index contributed by atoms with van der Waals surface area (Å²) in [5.74, 6) is 0. The Morgan fingerprint density at radius 1 is 1.44 bits per heavy atom. The summed E-state index contributed by atoms with van der Waals surface area (Å²) in [4.78, 5) is 0. The van der Waals surface area contributed by atoms with E-state index in [0.717, 1.165) is 18.7 Å². The first kappa shape index (κ1) is 12.7. The Bertz CT molecular complexity index is 380. The van der Waals surface area contributed by atoms with E-state index in [1.165, 1.54) is 0 Å². The van der Waals surface area contributed by atoms with Gasteiger partial charge in [-0.1, -0.05) is 12.1 Å². The highest BCUT2D eigenvalue weighted by Crippen LogP contribution is 2.07. The van der Waals surface area contributed by atoms with E-state index in [0.29, 0.717) is 5.56 Å². The van der Waals surface area contributed by atoms with Crippen molar-refractivity contribution >= 4 is 0 Å². The highest BCUT2D eigenvalue weighted by Gasteiger charge is 2.14. The van der Waals surface area contributed by atoms with Gasteiger partial charge < -0.3 is 10.1 Å². The minimum absolute atomic E-state index is 0.160. The number of hydrogen-bond acceptors (Lipinski definition) is 3. The lowest BCUT2D eigenvalue weighted by molar-refractivity contribution is 0.0231. The lowest BCUT2D eigenvalue weighted by Gasteiger charge is -2.23. The van der Waals surface area contributed by atoms with Gasteiger partial charge >= 0.3 is 0 Å². The van der Waals surface area contributed by atoms with Gasteiger partial charge in [0.05, 0.1) is 17.2 Å². The molecule has 0 saturated heterocycles. The molecule has 0 aliphatic heterocycles. The molecule has 0 bridgehead atoms. The number of ether oxygens (including phenoxy) is 1. The third-order valence-corrected chi connectivity index (χ3v) is 2.49. The Kier molecular flexibility index (Phi) is 4.48. The first-order valence-corrected chi connectivity index (χ1v) is 5.32. The Balaban J connectivity index is 2.46. The van der Waals surface area contributed by atoms with Crippen molar-refractivity contribution in [1.82, 2.24) is 5.32 Å². The molecule has 1 aromatic rings. The average Bonchev–Trinajstić information content (AvgIpc) is 2.29. The van der Waals surface area contributed by atoms with Gasteiger partial charge in [0.1, 0.15) is 0 Å². The topological polar surface area (TPSA) is 45.0 Å². The summed E-state index contributed by atoms with van der Waals surface area (Å²) in [6, 6.07) is 9.74. The maximum atomic E-state index is 8.76. The summed E-state index contributed by atoms with van der Waals surface area (Å²) in [5, 5.41) is 12.1. The van der Waals surface area contributed by atoms with Crippen molar-refractivity contribution in [3.63, 3.8) is 0 Å². The molecule has 0 aliphatic rings. The number of nitrogens with one attached hydrogen (secondary N) is 1. The van der Waals surface area contributed by atoms with Crippen LogP contribution in [0.4, 0.5) is 0 Å². The summed E-state index contributed by atoms with van der Waals surface area (Å²) in [6.07, 6.45) is 0. The van der Waals surface area contributed by atoms with Crippen molar-refractivity contribution in [3.05, 3.63) is 35.4 Å². The molecule has 0 heterocycles. The van der Waals surface area contributed by atoms with Crippen LogP contribution in [0, 0.1) is 11.3 Å². The van der Waals surface area contributed by atoms with E-state index in [1.54, 1.807) is 7.11 Å². The fourth-order valence-corrected chi connectivity index (χ4v) is 1.33. The second-order valence-electron chi connectivity index (χ2n) is 4.38. The van der Waals surface area contributed by atoms with Gasteiger partial charge in [-0.15, -0.1) is 0 Å². The molecule has 86 valence electrons. The molecule has 0 amide bonds. The van der Waals surface area contributed by atoms with E-state index in [2.05, 4.69) is 11.4 Å². The molecule has 3 nitrogen and oxygen atoms in total. The lowest BCUT2D eigenvalue weighted by Crippen LogP contribution is -2.36. The monoisotopic (exact) mass is 218 g/mol. The van der Waals surface area contributed by atoms with E-state index in [1.807, 2.05) is 38.1 Å². The molecule has 1 rings (SSSR count). The minimum Gasteiger partial charge on any atom is -0.377 e. The van der Waals surface area contributed by atoms with E-state index in [-0.39, 0.29) is 5.60 Å². The minimum atomic E-state index is -0.160. The zero-order valence-electron chi connectivity index (χ0n) is 10.1. The van der Waals surface area contributed by atoms with Crippen LogP contribution in [0.25, 0.3) is 0 Å². The van der Waals surface area contributed by atoms with Gasteiger partial charge in [-0.25, -0.2) is 0 Å². The van der Waals surface area contributed by atoms with Gasteiger partial charge in [0.2, 0.25) is 0 Å². The van der Waals surface area contributed by atoms with E-state index in [4.69, 9.17) is 10.00 Å². The molecule has 0 spiro atoms. The number of benzene rings is 1. The number of methoxy groups -OCH3 is 1. The molecule has 0 unspecified atom stereocenters. The van der Waals surface area contributed by atoms with Crippen LogP contribution in [-0.4, -0.2) is 19.3 Å². The summed E-state index contributed by atoms with van der Waals surface area (Å²) in [7, 11) is 1.71. The van der Waals surface area contributed by atoms with E-state index in [9.17, 15) is 0 Å². The van der Waals surface area contributed by atoms with Crippen LogP contribution in [0.1, 0.15) is 25.0 Å². The molecular weight excluding hydrogens is 200 g/mol. The van der Waals surface area contributed by atoms with Crippen LogP contribution in [0.15, 0.2) is 24.3 Å². The number of nitriles is 1. The van der Waals surface area contributed by atoms with Crippen molar-refractivity contribution < 1.29 is 4.74 Å². The SMILES string of the molecule is COC(C)(C)CNCc1cccc(C#N)c1. The van der Waals surface area contributed by atoms with Gasteiger partial charge in [0.25, 0.3) is 0 Å². The van der Waals surface area contributed by atoms with Gasteiger partial charge in [0, 0.05) is 20.2 Å². The predicted octanol–water partition coefficient (Wildman–Crippen LogP) is 2.07. The molecular formula is C13H18N2O. The Morgan fingerprint density at radius 2 is 2.19 bits per heavy atom. The average molecular weight is 218 g/mol. The zero-order valence-corrected chi connectivity index (χ0v) is 10.1. The summed E-state index contributed by atoms with van der Waals surface area (Å²) >= 11 is 0. The predicted molar refractivity (Wildman–Crippen MR) is 64.0 cm³/mol. The van der Waals surface area contributed by atoms with Crippen LogP contribution in [0.5, 0.6) is 0 Å². The van der Waals surface area contributed by atoms with Gasteiger partial charge in [-0.3, -0.25) is 0 Å². The molecule has 1 N–H and O–H groups in total. The molecule has 3 heteroatoms. The Hall–Kier alpha value is -1.37. The third kappa shape index (κ3) is 4.01. The largest absolute Gasteiger partial charge is 0.377 e. The zero-order chi connectivity index (χ0) is 12.0. The van der Waals surface area contributed by atoms with Crippen LogP contribution < -0.4 is 5.32 Å². The first-order valence-electron chi connectivity index (χ1n) is 5.32. The second kappa shape index (κ2) is 5.64. The second-order valence-corrected chi connectivity index (χ2v) is 4.38. The van der Waals surface area contributed by atoms with E-state index < -0.39 is 0 Å². The van der Waals surface area contributed by atoms with Crippen molar-refractivity contribution in [3.8, 4) is 6.07 Å². The van der Waals surface area contributed by atoms with Crippen LogP contribution in [-0.2, 0) is 11.3 Å². The molecule has 0 saturated carbocycles. The van der Waals surface area contributed by atoms with Crippen molar-refractivity contribution in [1.29, 1.82) is 5.26 Å². The fourth-order valence-electron chi connectivity index (χ4n) is 1.33. The Morgan fingerprint density at radius 3 is 2.81 bits per heavy atom. The molecule has 0 atom stereocenters. The van der Waals surface area contributed by atoms with E-state index >= 15 is 0 Å². The Labute approximate surface area is 97.0 Å². The summed E-state index contributed by atoms with van der Waals surface area (Å²) < 4.78 is 5.31. The number of nitrogens with zero attached hydrogens (tertiary/aromatic N) is 1. The van der Waals surface area contributed by atoms with Crippen LogP contribution in [0.2, 0.25) is 0 Å². The standard InChI is InChI=1S/C13H18N2O/c1-13(2,16-3)10-15-9-12-6-4-5-11(7-12)8-14/h4-7,15H,9-10H2,1-3H3. The van der Waals surface area contributed by atoms with Crippen LogP contribution >= 0.6 is 0 Å². The molecule has 0 radical (unpaired) electrons. The van der Waals surface area contributed by atoms with Crippen molar-refractivity contribution in [2.24, 2.45) is 0 Å². The smallest absolute Gasteiger partial charge is 0.0991 e. The molecule has 0 fully saturated rings. The summed E-state index contributed by atoms with van der Waals surface area (Å²) in [5.41, 5.74) is 1.66. The molecule has 16 heavy (non-hydrogen) atoms. The van der Waals surface area contributed by atoms with Crippen LogP contribution in [0.3, 0.4) is 0 Å². The third-order valence-electron chi connectivity index (χ3n) is 2.49. The normalized spacial score (nSPS) is 11.1. The fraction of sp³-hybridized carbons (Fsp3) is 0.462. The maximum Gasteiger partial charge on any atom is 0.0991 e.